The topological polar surface area (TPSA) is 196 Å². The summed E-state index contributed by atoms with van der Waals surface area (Å²) in [4.78, 5) is 4.30. The molecule has 4 aromatic rings. The third-order valence-electron chi connectivity index (χ3n) is 6.24. The van der Waals surface area contributed by atoms with Crippen molar-refractivity contribution in [1.29, 1.82) is 0 Å². The van der Waals surface area contributed by atoms with Crippen LogP contribution in [0.25, 0.3) is 22.3 Å². The van der Waals surface area contributed by atoms with E-state index in [9.17, 15) is 25.3 Å². The zero-order valence-corrected chi connectivity index (χ0v) is 28.7. The Hall–Kier alpha value is -4.68. The van der Waals surface area contributed by atoms with Gasteiger partial charge in [0.15, 0.2) is 28.8 Å². The molecule has 0 unspecified atom stereocenters. The highest BCUT2D eigenvalue weighted by Crippen LogP contribution is 2.51. The summed E-state index contributed by atoms with van der Waals surface area (Å²) in [6.07, 6.45) is 2.60. The fourth-order valence-corrected chi connectivity index (χ4v) is 5.66. The van der Waals surface area contributed by atoms with Crippen LogP contribution >= 0.6 is 0 Å². The quantitative estimate of drug-likeness (QED) is 0.183. The van der Waals surface area contributed by atoms with Crippen molar-refractivity contribution >= 4 is 30.4 Å². The van der Waals surface area contributed by atoms with E-state index in [1.54, 1.807) is 19.9 Å². The number of hydrogen-bond donors (Lipinski definition) is 0. The highest BCUT2D eigenvalue weighted by atomic mass is 32.2. The van der Waals surface area contributed by atoms with Crippen LogP contribution < -0.4 is 26.8 Å². The number of benzene rings is 3. The van der Waals surface area contributed by atoms with Crippen LogP contribution in [-0.2, 0) is 37.0 Å². The van der Waals surface area contributed by atoms with Crippen LogP contribution in [0.3, 0.4) is 0 Å². The molecule has 47 heavy (non-hydrogen) atoms. The first-order chi connectivity index (χ1) is 21.9. The van der Waals surface area contributed by atoms with Gasteiger partial charge in [0, 0.05) is 5.56 Å². The Morgan fingerprint density at radius 2 is 1.23 bits per heavy atom. The Labute approximate surface area is 272 Å². The predicted molar refractivity (Wildman–Crippen MR) is 170 cm³/mol. The van der Waals surface area contributed by atoms with E-state index in [2.05, 4.69) is 15.2 Å². The number of methoxy groups -OCH3 is 2. The molecule has 0 bridgehead atoms. The summed E-state index contributed by atoms with van der Waals surface area (Å²) >= 11 is 0. The summed E-state index contributed by atoms with van der Waals surface area (Å²) in [5.41, 5.74) is 2.33. The minimum absolute atomic E-state index is 0.00513. The smallest absolute Gasteiger partial charge is 0.306 e. The van der Waals surface area contributed by atoms with E-state index in [1.807, 2.05) is 0 Å². The van der Waals surface area contributed by atoms with Gasteiger partial charge in [-0.05, 0) is 55.3 Å². The maximum Gasteiger partial charge on any atom is 0.306 e. The molecule has 0 aliphatic rings. The van der Waals surface area contributed by atoms with Crippen LogP contribution in [0.1, 0.15) is 17.2 Å². The lowest BCUT2D eigenvalue weighted by molar-refractivity contribution is 0.284. The highest BCUT2D eigenvalue weighted by molar-refractivity contribution is 7.86. The van der Waals surface area contributed by atoms with Crippen molar-refractivity contribution in [2.24, 2.45) is 0 Å². The van der Waals surface area contributed by atoms with Crippen LogP contribution in [0.2, 0.25) is 0 Å². The number of nitrogens with zero attached hydrogens (tertiary/aromatic N) is 3. The van der Waals surface area contributed by atoms with Crippen LogP contribution in [0.5, 0.6) is 34.5 Å². The molecule has 0 aliphatic heterocycles. The zero-order valence-electron chi connectivity index (χ0n) is 26.3. The molecule has 0 N–H and O–H groups in total. The average molecular weight is 710 g/mol. The summed E-state index contributed by atoms with van der Waals surface area (Å²) in [5, 5.41) is 7.99. The second-order valence-corrected chi connectivity index (χ2v) is 14.8. The van der Waals surface area contributed by atoms with Crippen molar-refractivity contribution in [2.75, 3.05) is 33.0 Å². The van der Waals surface area contributed by atoms with Gasteiger partial charge in [-0.1, -0.05) is 18.2 Å². The van der Waals surface area contributed by atoms with Crippen molar-refractivity contribution in [1.82, 2.24) is 15.2 Å². The molecule has 252 valence electrons. The molecule has 1 aromatic heterocycles. The summed E-state index contributed by atoms with van der Waals surface area (Å²) in [6.45, 7) is 3.34. The molecular weight excluding hydrogens is 679 g/mol. The number of hydrogen-bond acceptors (Lipinski definition) is 15. The Kier molecular flexibility index (Phi) is 10.2. The van der Waals surface area contributed by atoms with Crippen LogP contribution in [0, 0.1) is 13.8 Å². The largest absolute Gasteiger partial charge is 0.496 e. The first-order valence-electron chi connectivity index (χ1n) is 13.4. The van der Waals surface area contributed by atoms with Gasteiger partial charge in [-0.3, -0.25) is 0 Å². The average Bonchev–Trinajstić information content (AvgIpc) is 2.95. The van der Waals surface area contributed by atoms with Gasteiger partial charge in [-0.2, -0.15) is 30.4 Å². The molecule has 15 nitrogen and oxygen atoms in total. The van der Waals surface area contributed by atoms with E-state index in [1.165, 1.54) is 56.7 Å². The normalized spacial score (nSPS) is 11.9. The van der Waals surface area contributed by atoms with Gasteiger partial charge < -0.3 is 26.8 Å². The molecule has 0 radical (unpaired) electrons. The number of ether oxygens (including phenoxy) is 3. The van der Waals surface area contributed by atoms with Crippen LogP contribution in [-0.4, -0.2) is 73.4 Å². The van der Waals surface area contributed by atoms with Crippen molar-refractivity contribution in [3.05, 3.63) is 65.7 Å². The van der Waals surface area contributed by atoms with Gasteiger partial charge in [0.05, 0.1) is 49.9 Å². The van der Waals surface area contributed by atoms with E-state index in [0.29, 0.717) is 22.5 Å². The molecule has 0 fully saturated rings. The molecule has 0 atom stereocenters. The summed E-state index contributed by atoms with van der Waals surface area (Å²) in [7, 11) is -9.40. The number of aryl methyl sites for hydroxylation is 2. The molecule has 0 spiro atoms. The van der Waals surface area contributed by atoms with Gasteiger partial charge in [0.2, 0.25) is 0 Å². The second kappa shape index (κ2) is 13.6. The molecule has 0 saturated heterocycles. The standard InChI is InChI=1S/C29H31N3O12S3/c1-17-18(2)31-32-26(30-17)16-41-23-13-10-20(14-24(23)43-46(6,35)36)27-25(39-3)15-22(28(40-4)29(27)44-47(7,37)38)19-8-11-21(12-9-19)42-45(5,33)34/h8-15H,16H2,1-7H3. The zero-order chi connectivity index (χ0) is 34.7. The Balaban J connectivity index is 1.89. The van der Waals surface area contributed by atoms with E-state index in [0.717, 1.165) is 18.8 Å². The monoisotopic (exact) mass is 709 g/mol. The third kappa shape index (κ3) is 9.20. The van der Waals surface area contributed by atoms with E-state index < -0.39 is 30.4 Å². The Morgan fingerprint density at radius 3 is 1.79 bits per heavy atom. The molecule has 4 rings (SSSR count). The molecule has 0 saturated carbocycles. The maximum atomic E-state index is 12.5. The second-order valence-electron chi connectivity index (χ2n) is 10.1. The maximum absolute atomic E-state index is 12.5. The van der Waals surface area contributed by atoms with Crippen LogP contribution in [0.4, 0.5) is 0 Å². The van der Waals surface area contributed by atoms with Gasteiger partial charge in [0.1, 0.15) is 18.1 Å². The van der Waals surface area contributed by atoms with Crippen molar-refractivity contribution in [2.45, 2.75) is 20.5 Å². The van der Waals surface area contributed by atoms with Crippen LogP contribution in [0.15, 0.2) is 48.5 Å². The molecule has 18 heteroatoms. The van der Waals surface area contributed by atoms with Crippen molar-refractivity contribution < 1.29 is 52.0 Å². The minimum Gasteiger partial charge on any atom is -0.496 e. The summed E-state index contributed by atoms with van der Waals surface area (Å²) < 4.78 is 105. The summed E-state index contributed by atoms with van der Waals surface area (Å²) in [6, 6.07) is 11.6. The third-order valence-corrected chi connectivity index (χ3v) is 7.68. The van der Waals surface area contributed by atoms with Gasteiger partial charge >= 0.3 is 30.4 Å². The molecular formula is C29H31N3O12S3. The van der Waals surface area contributed by atoms with E-state index in [4.69, 9.17) is 26.8 Å². The Morgan fingerprint density at radius 1 is 0.617 bits per heavy atom. The minimum atomic E-state index is -4.18. The number of rotatable bonds is 13. The molecule has 0 aliphatic carbocycles. The van der Waals surface area contributed by atoms with Gasteiger partial charge in [-0.25, -0.2) is 4.98 Å². The first-order valence-corrected chi connectivity index (χ1v) is 18.8. The van der Waals surface area contributed by atoms with E-state index >= 15 is 0 Å². The number of aromatic nitrogens is 3. The lowest BCUT2D eigenvalue weighted by Gasteiger charge is -2.21. The molecule has 0 amide bonds. The lowest BCUT2D eigenvalue weighted by atomic mass is 9.96. The first kappa shape index (κ1) is 35.2. The molecule has 1 heterocycles. The predicted octanol–water partition coefficient (Wildman–Crippen LogP) is 3.43. The Bertz CT molecular complexity index is 2140. The molecule has 3 aromatic carbocycles. The van der Waals surface area contributed by atoms with Gasteiger partial charge in [0.25, 0.3) is 0 Å². The fourth-order valence-electron chi connectivity index (χ4n) is 4.28. The highest BCUT2D eigenvalue weighted by Gasteiger charge is 2.27. The lowest BCUT2D eigenvalue weighted by Crippen LogP contribution is -2.10. The van der Waals surface area contributed by atoms with Crippen molar-refractivity contribution in [3.8, 4) is 56.8 Å². The summed E-state index contributed by atoms with van der Waals surface area (Å²) in [5.74, 6) is -0.159. The SMILES string of the molecule is COc1cc(-c2ccc(OS(C)(=O)=O)cc2)c(OC)c(OS(C)(=O)=O)c1-c1ccc(OCc2nnc(C)c(C)n2)c(OS(C)(=O)=O)c1. The van der Waals surface area contributed by atoms with E-state index in [-0.39, 0.29) is 58.1 Å². The van der Waals surface area contributed by atoms with Gasteiger partial charge in [-0.15, -0.1) is 5.10 Å². The van der Waals surface area contributed by atoms with Crippen molar-refractivity contribution in [3.63, 3.8) is 0 Å². The fraction of sp³-hybridized carbons (Fsp3) is 0.276.